The third kappa shape index (κ3) is 3.96. The first-order valence-corrected chi connectivity index (χ1v) is 8.29. The van der Waals surface area contributed by atoms with Crippen molar-refractivity contribution in [2.45, 2.75) is 31.8 Å². The SMILES string of the molecule is O=C(CC1CCCN1)Nc1nccn1Cc1ccc(Br)cc1. The van der Waals surface area contributed by atoms with E-state index in [1.54, 1.807) is 6.20 Å². The molecule has 2 heterocycles. The molecule has 0 aliphatic carbocycles. The standard InChI is InChI=1S/C16H19BrN4O/c17-13-5-3-12(4-6-13)11-21-9-8-19-16(21)20-15(22)10-14-2-1-7-18-14/h3-6,8-9,14,18H,1-2,7,10-11H2,(H,19,20,22). The predicted molar refractivity (Wildman–Crippen MR) is 89.7 cm³/mol. The van der Waals surface area contributed by atoms with Crippen LogP contribution in [0.4, 0.5) is 5.95 Å². The minimum Gasteiger partial charge on any atom is -0.313 e. The van der Waals surface area contributed by atoms with Gasteiger partial charge in [-0.15, -0.1) is 0 Å². The van der Waals surface area contributed by atoms with E-state index in [0.29, 0.717) is 25.0 Å². The number of aromatic nitrogens is 2. The van der Waals surface area contributed by atoms with Crippen molar-refractivity contribution in [2.75, 3.05) is 11.9 Å². The van der Waals surface area contributed by atoms with Gasteiger partial charge in [0.05, 0.1) is 6.54 Å². The first kappa shape index (κ1) is 15.2. The summed E-state index contributed by atoms with van der Waals surface area (Å²) in [6, 6.07) is 8.43. The van der Waals surface area contributed by atoms with E-state index in [9.17, 15) is 4.79 Å². The number of halogens is 1. The highest BCUT2D eigenvalue weighted by atomic mass is 79.9. The maximum absolute atomic E-state index is 12.1. The third-order valence-electron chi connectivity index (χ3n) is 3.83. The highest BCUT2D eigenvalue weighted by Crippen LogP contribution is 2.15. The molecule has 1 aliphatic rings. The molecule has 116 valence electrons. The number of anilines is 1. The molecular weight excluding hydrogens is 344 g/mol. The average Bonchev–Trinajstić information content (AvgIpc) is 3.14. The maximum atomic E-state index is 12.1. The van der Waals surface area contributed by atoms with Crippen LogP contribution in [0.2, 0.25) is 0 Å². The summed E-state index contributed by atoms with van der Waals surface area (Å²) in [6.07, 6.45) is 6.32. The second kappa shape index (κ2) is 7.07. The Hall–Kier alpha value is -1.66. The highest BCUT2D eigenvalue weighted by molar-refractivity contribution is 9.10. The lowest BCUT2D eigenvalue weighted by atomic mass is 10.1. The smallest absolute Gasteiger partial charge is 0.228 e. The quantitative estimate of drug-likeness (QED) is 0.859. The van der Waals surface area contributed by atoms with E-state index in [-0.39, 0.29) is 5.91 Å². The Balaban J connectivity index is 1.61. The lowest BCUT2D eigenvalue weighted by Gasteiger charge is -2.12. The van der Waals surface area contributed by atoms with Gasteiger partial charge in [0, 0.05) is 29.3 Å². The molecular formula is C16H19BrN4O. The Morgan fingerprint density at radius 3 is 2.95 bits per heavy atom. The monoisotopic (exact) mass is 362 g/mol. The Labute approximate surface area is 138 Å². The minimum absolute atomic E-state index is 0.0163. The second-order valence-electron chi connectivity index (χ2n) is 5.55. The van der Waals surface area contributed by atoms with Crippen LogP contribution >= 0.6 is 15.9 Å². The Morgan fingerprint density at radius 2 is 2.23 bits per heavy atom. The molecule has 1 unspecified atom stereocenters. The zero-order valence-electron chi connectivity index (χ0n) is 12.3. The number of carbonyl (C=O) groups is 1. The topological polar surface area (TPSA) is 59.0 Å². The van der Waals surface area contributed by atoms with Gasteiger partial charge in [0.1, 0.15) is 0 Å². The number of rotatable bonds is 5. The summed E-state index contributed by atoms with van der Waals surface area (Å²) in [5.41, 5.74) is 1.16. The summed E-state index contributed by atoms with van der Waals surface area (Å²) in [6.45, 7) is 1.70. The van der Waals surface area contributed by atoms with Crippen LogP contribution in [-0.2, 0) is 11.3 Å². The molecule has 5 nitrogen and oxygen atoms in total. The van der Waals surface area contributed by atoms with Crippen LogP contribution in [0.5, 0.6) is 0 Å². The molecule has 1 aromatic heterocycles. The molecule has 0 bridgehead atoms. The summed E-state index contributed by atoms with van der Waals surface area (Å²) in [5, 5.41) is 6.25. The lowest BCUT2D eigenvalue weighted by molar-refractivity contribution is -0.116. The van der Waals surface area contributed by atoms with E-state index in [1.807, 2.05) is 22.9 Å². The molecule has 1 atom stereocenters. The molecule has 1 amide bonds. The average molecular weight is 363 g/mol. The largest absolute Gasteiger partial charge is 0.313 e. The normalized spacial score (nSPS) is 17.6. The number of nitrogens with zero attached hydrogens (tertiary/aromatic N) is 2. The van der Waals surface area contributed by atoms with Gasteiger partial charge in [-0.3, -0.25) is 10.1 Å². The van der Waals surface area contributed by atoms with Gasteiger partial charge >= 0.3 is 0 Å². The summed E-state index contributed by atoms with van der Waals surface area (Å²) >= 11 is 3.43. The second-order valence-corrected chi connectivity index (χ2v) is 6.47. The van der Waals surface area contributed by atoms with Crippen molar-refractivity contribution < 1.29 is 4.79 Å². The van der Waals surface area contributed by atoms with Crippen LogP contribution < -0.4 is 10.6 Å². The van der Waals surface area contributed by atoms with E-state index >= 15 is 0 Å². The van der Waals surface area contributed by atoms with Gasteiger partial charge in [-0.1, -0.05) is 28.1 Å². The van der Waals surface area contributed by atoms with E-state index < -0.39 is 0 Å². The van der Waals surface area contributed by atoms with Crippen molar-refractivity contribution in [3.05, 3.63) is 46.7 Å². The van der Waals surface area contributed by atoms with Crippen LogP contribution in [0.15, 0.2) is 41.1 Å². The minimum atomic E-state index is 0.0163. The molecule has 22 heavy (non-hydrogen) atoms. The van der Waals surface area contributed by atoms with Gasteiger partial charge < -0.3 is 9.88 Å². The van der Waals surface area contributed by atoms with Crippen LogP contribution in [0.1, 0.15) is 24.8 Å². The molecule has 0 spiro atoms. The molecule has 0 radical (unpaired) electrons. The molecule has 0 saturated carbocycles. The summed E-state index contributed by atoms with van der Waals surface area (Å²) in [7, 11) is 0. The first-order chi connectivity index (χ1) is 10.7. The van der Waals surface area contributed by atoms with Crippen LogP contribution in [0, 0.1) is 0 Å². The van der Waals surface area contributed by atoms with Crippen LogP contribution in [0.3, 0.4) is 0 Å². The van der Waals surface area contributed by atoms with Gasteiger partial charge in [-0.25, -0.2) is 4.98 Å². The van der Waals surface area contributed by atoms with Crippen molar-refractivity contribution in [1.29, 1.82) is 0 Å². The Morgan fingerprint density at radius 1 is 1.41 bits per heavy atom. The zero-order chi connectivity index (χ0) is 15.4. The number of carbonyl (C=O) groups excluding carboxylic acids is 1. The van der Waals surface area contributed by atoms with E-state index in [0.717, 1.165) is 29.4 Å². The van der Waals surface area contributed by atoms with Gasteiger partial charge in [-0.2, -0.15) is 0 Å². The summed E-state index contributed by atoms with van der Waals surface area (Å²) < 4.78 is 3.00. The van der Waals surface area contributed by atoms with Gasteiger partial charge in [0.25, 0.3) is 0 Å². The lowest BCUT2D eigenvalue weighted by Crippen LogP contribution is -2.28. The molecule has 6 heteroatoms. The van der Waals surface area contributed by atoms with Crippen molar-refractivity contribution in [3.8, 4) is 0 Å². The number of imidazole rings is 1. The van der Waals surface area contributed by atoms with Crippen molar-refractivity contribution >= 4 is 27.8 Å². The number of hydrogen-bond donors (Lipinski definition) is 2. The van der Waals surface area contributed by atoms with Crippen LogP contribution in [0.25, 0.3) is 0 Å². The van der Waals surface area contributed by atoms with Crippen LogP contribution in [-0.4, -0.2) is 28.0 Å². The molecule has 3 rings (SSSR count). The van der Waals surface area contributed by atoms with E-state index in [1.165, 1.54) is 0 Å². The Bertz CT molecular complexity index is 632. The molecule has 1 fully saturated rings. The first-order valence-electron chi connectivity index (χ1n) is 7.49. The number of nitrogens with one attached hydrogen (secondary N) is 2. The third-order valence-corrected chi connectivity index (χ3v) is 4.36. The van der Waals surface area contributed by atoms with Crippen molar-refractivity contribution in [1.82, 2.24) is 14.9 Å². The fraction of sp³-hybridized carbons (Fsp3) is 0.375. The van der Waals surface area contributed by atoms with Crippen molar-refractivity contribution in [2.24, 2.45) is 0 Å². The number of benzene rings is 1. The van der Waals surface area contributed by atoms with Crippen molar-refractivity contribution in [3.63, 3.8) is 0 Å². The molecule has 1 aromatic carbocycles. The maximum Gasteiger partial charge on any atom is 0.228 e. The van der Waals surface area contributed by atoms with Gasteiger partial charge in [0.15, 0.2) is 0 Å². The number of amides is 1. The molecule has 2 aromatic rings. The van der Waals surface area contributed by atoms with E-state index in [2.05, 4.69) is 43.7 Å². The van der Waals surface area contributed by atoms with E-state index in [4.69, 9.17) is 0 Å². The number of hydrogen-bond acceptors (Lipinski definition) is 3. The molecule has 1 aliphatic heterocycles. The highest BCUT2D eigenvalue weighted by Gasteiger charge is 2.18. The summed E-state index contributed by atoms with van der Waals surface area (Å²) in [4.78, 5) is 16.4. The molecule has 2 N–H and O–H groups in total. The Kier molecular flexibility index (Phi) is 4.90. The van der Waals surface area contributed by atoms with Gasteiger partial charge in [-0.05, 0) is 37.1 Å². The zero-order valence-corrected chi connectivity index (χ0v) is 13.8. The fourth-order valence-corrected chi connectivity index (χ4v) is 2.94. The molecule has 1 saturated heterocycles. The van der Waals surface area contributed by atoms with Gasteiger partial charge in [0.2, 0.25) is 11.9 Å². The summed E-state index contributed by atoms with van der Waals surface area (Å²) in [5.74, 6) is 0.619. The predicted octanol–water partition coefficient (Wildman–Crippen LogP) is 2.77. The fourth-order valence-electron chi connectivity index (χ4n) is 2.68.